The van der Waals surface area contributed by atoms with E-state index in [1.54, 1.807) is 0 Å². The molecule has 0 saturated carbocycles. The molecule has 7 heteroatoms. The molecule has 15 heavy (non-hydrogen) atoms. The van der Waals surface area contributed by atoms with E-state index in [9.17, 15) is 13.2 Å². The molecule has 0 bridgehead atoms. The van der Waals surface area contributed by atoms with Crippen LogP contribution in [0.1, 0.15) is 13.8 Å². The minimum Gasteiger partial charge on any atom is -0.355 e. The maximum atomic E-state index is 11.1. The number of amides is 1. The van der Waals surface area contributed by atoms with E-state index in [0.29, 0.717) is 12.5 Å². The largest absolute Gasteiger partial charge is 0.355 e. The molecule has 90 valence electrons. The first-order valence-corrected chi connectivity index (χ1v) is 6.86. The van der Waals surface area contributed by atoms with E-state index in [-0.39, 0.29) is 24.1 Å². The summed E-state index contributed by atoms with van der Waals surface area (Å²) < 4.78 is 24.4. The molecule has 0 aliphatic carbocycles. The van der Waals surface area contributed by atoms with Crippen LogP contribution in [0.25, 0.3) is 0 Å². The highest BCUT2D eigenvalue weighted by atomic mass is 35.5. The Balaban J connectivity index is 3.80. The zero-order valence-electron chi connectivity index (χ0n) is 8.92. The lowest BCUT2D eigenvalue weighted by molar-refractivity contribution is -0.120. The van der Waals surface area contributed by atoms with Gasteiger partial charge in [0.15, 0.2) is 0 Å². The Labute approximate surface area is 95.6 Å². The molecule has 0 aromatic heterocycles. The molecule has 0 saturated heterocycles. The summed E-state index contributed by atoms with van der Waals surface area (Å²) in [5, 5.41) is 2.60. The summed E-state index contributed by atoms with van der Waals surface area (Å²) in [4.78, 5) is 11.1. The average Bonchev–Trinajstić information content (AvgIpc) is 2.11. The minimum absolute atomic E-state index is 0.0168. The topological polar surface area (TPSA) is 75.3 Å². The number of nitrogens with one attached hydrogen (secondary N) is 2. The first-order valence-electron chi connectivity index (χ1n) is 4.67. The summed E-state index contributed by atoms with van der Waals surface area (Å²) in [5.41, 5.74) is 0. The van der Waals surface area contributed by atoms with Crippen LogP contribution in [-0.4, -0.2) is 39.0 Å². The van der Waals surface area contributed by atoms with Gasteiger partial charge in [0.2, 0.25) is 15.9 Å². The molecule has 0 fully saturated rings. The van der Waals surface area contributed by atoms with Gasteiger partial charge in [-0.3, -0.25) is 4.79 Å². The predicted octanol–water partition coefficient (Wildman–Crippen LogP) is -0.0832. The summed E-state index contributed by atoms with van der Waals surface area (Å²) in [6, 6.07) is 0. The number of carbonyl (C=O) groups is 1. The molecule has 0 aromatic rings. The number of rotatable bonds is 7. The van der Waals surface area contributed by atoms with E-state index in [2.05, 4.69) is 10.0 Å². The summed E-state index contributed by atoms with van der Waals surface area (Å²) >= 11 is 5.28. The third-order valence-electron chi connectivity index (χ3n) is 1.51. The molecule has 0 spiro atoms. The summed E-state index contributed by atoms with van der Waals surface area (Å²) in [7, 11) is -3.41. The van der Waals surface area contributed by atoms with Crippen molar-refractivity contribution in [3.8, 4) is 0 Å². The standard InChI is InChI=1S/C8H17ClN2O3S/c1-7(2)5-10-8(12)6-11-15(13,14)4-3-9/h7,11H,3-6H2,1-2H3,(H,10,12). The number of halogens is 1. The van der Waals surface area contributed by atoms with E-state index in [1.807, 2.05) is 13.8 Å². The van der Waals surface area contributed by atoms with Gasteiger partial charge in [0.1, 0.15) is 0 Å². The van der Waals surface area contributed by atoms with Gasteiger partial charge < -0.3 is 5.32 Å². The Morgan fingerprint density at radius 3 is 2.47 bits per heavy atom. The van der Waals surface area contributed by atoms with Crippen molar-refractivity contribution in [1.29, 1.82) is 0 Å². The fourth-order valence-corrected chi connectivity index (χ4v) is 2.04. The van der Waals surface area contributed by atoms with Crippen LogP contribution in [0.5, 0.6) is 0 Å². The third-order valence-corrected chi connectivity index (χ3v) is 3.24. The maximum Gasteiger partial charge on any atom is 0.235 e. The maximum absolute atomic E-state index is 11.1. The molecule has 0 atom stereocenters. The predicted molar refractivity (Wildman–Crippen MR) is 60.4 cm³/mol. The average molecular weight is 257 g/mol. The highest BCUT2D eigenvalue weighted by Gasteiger charge is 2.11. The summed E-state index contributed by atoms with van der Waals surface area (Å²) in [6.45, 7) is 4.22. The van der Waals surface area contributed by atoms with Gasteiger partial charge in [0.05, 0.1) is 12.3 Å². The highest BCUT2D eigenvalue weighted by molar-refractivity contribution is 7.89. The monoisotopic (exact) mass is 256 g/mol. The first-order chi connectivity index (χ1) is 6.87. The van der Waals surface area contributed by atoms with Crippen LogP contribution in [-0.2, 0) is 14.8 Å². The zero-order valence-corrected chi connectivity index (χ0v) is 10.5. The molecule has 0 heterocycles. The number of hydrogen-bond acceptors (Lipinski definition) is 3. The first kappa shape index (κ1) is 14.7. The van der Waals surface area contributed by atoms with E-state index < -0.39 is 10.0 Å². The molecule has 0 radical (unpaired) electrons. The van der Waals surface area contributed by atoms with Gasteiger partial charge in [0.25, 0.3) is 0 Å². The lowest BCUT2D eigenvalue weighted by Crippen LogP contribution is -2.39. The molecule has 1 amide bonds. The zero-order chi connectivity index (χ0) is 11.9. The third kappa shape index (κ3) is 8.65. The van der Waals surface area contributed by atoms with Gasteiger partial charge in [0, 0.05) is 12.4 Å². The van der Waals surface area contributed by atoms with Crippen molar-refractivity contribution >= 4 is 27.5 Å². The second-order valence-corrected chi connectivity index (χ2v) is 5.83. The van der Waals surface area contributed by atoms with Gasteiger partial charge in [-0.2, -0.15) is 0 Å². The van der Waals surface area contributed by atoms with Crippen LogP contribution in [0, 0.1) is 5.92 Å². The molecular formula is C8H17ClN2O3S. The van der Waals surface area contributed by atoms with Crippen LogP contribution >= 0.6 is 11.6 Å². The number of hydrogen-bond donors (Lipinski definition) is 2. The normalized spacial score (nSPS) is 11.7. The van der Waals surface area contributed by atoms with Crippen LogP contribution in [0.15, 0.2) is 0 Å². The Morgan fingerprint density at radius 2 is 2.00 bits per heavy atom. The molecule has 5 nitrogen and oxygen atoms in total. The molecule has 0 aliphatic heterocycles. The van der Waals surface area contributed by atoms with Gasteiger partial charge in [-0.05, 0) is 5.92 Å². The molecule has 0 aromatic carbocycles. The van der Waals surface area contributed by atoms with Crippen molar-refractivity contribution in [2.45, 2.75) is 13.8 Å². The molecular weight excluding hydrogens is 240 g/mol. The number of alkyl halides is 1. The quantitative estimate of drug-likeness (QED) is 0.626. The smallest absolute Gasteiger partial charge is 0.235 e. The van der Waals surface area contributed by atoms with E-state index >= 15 is 0 Å². The molecule has 0 rings (SSSR count). The summed E-state index contributed by atoms with van der Waals surface area (Å²) in [5.74, 6) is -0.148. The van der Waals surface area contributed by atoms with E-state index in [0.717, 1.165) is 0 Å². The van der Waals surface area contributed by atoms with Crippen LogP contribution < -0.4 is 10.0 Å². The number of sulfonamides is 1. The highest BCUT2D eigenvalue weighted by Crippen LogP contribution is 1.88. The second kappa shape index (κ2) is 7.03. The van der Waals surface area contributed by atoms with Crippen molar-refractivity contribution in [2.24, 2.45) is 5.92 Å². The second-order valence-electron chi connectivity index (χ2n) is 3.53. The van der Waals surface area contributed by atoms with Crippen molar-refractivity contribution in [3.63, 3.8) is 0 Å². The molecule has 0 unspecified atom stereocenters. The van der Waals surface area contributed by atoms with Crippen molar-refractivity contribution in [3.05, 3.63) is 0 Å². The fourth-order valence-electron chi connectivity index (χ4n) is 0.730. The lowest BCUT2D eigenvalue weighted by atomic mass is 10.2. The Morgan fingerprint density at radius 1 is 1.40 bits per heavy atom. The number of carbonyl (C=O) groups excluding carboxylic acids is 1. The van der Waals surface area contributed by atoms with Gasteiger partial charge in [-0.15, -0.1) is 11.6 Å². The Hall–Kier alpha value is -0.330. The van der Waals surface area contributed by atoms with Crippen LogP contribution in [0.3, 0.4) is 0 Å². The Bertz CT molecular complexity index is 290. The van der Waals surface area contributed by atoms with E-state index in [1.165, 1.54) is 0 Å². The Kier molecular flexibility index (Phi) is 6.87. The SMILES string of the molecule is CC(C)CNC(=O)CNS(=O)(=O)CCCl. The van der Waals surface area contributed by atoms with Gasteiger partial charge >= 0.3 is 0 Å². The van der Waals surface area contributed by atoms with Gasteiger partial charge in [-0.1, -0.05) is 13.8 Å². The van der Waals surface area contributed by atoms with Crippen LogP contribution in [0.2, 0.25) is 0 Å². The molecule has 2 N–H and O–H groups in total. The van der Waals surface area contributed by atoms with Crippen LogP contribution in [0.4, 0.5) is 0 Å². The fraction of sp³-hybridized carbons (Fsp3) is 0.875. The van der Waals surface area contributed by atoms with Crippen molar-refractivity contribution < 1.29 is 13.2 Å². The van der Waals surface area contributed by atoms with Crippen molar-refractivity contribution in [2.75, 3.05) is 24.7 Å². The summed E-state index contributed by atoms with van der Waals surface area (Å²) in [6.07, 6.45) is 0. The van der Waals surface area contributed by atoms with Gasteiger partial charge in [-0.25, -0.2) is 13.1 Å². The lowest BCUT2D eigenvalue weighted by Gasteiger charge is -2.08. The van der Waals surface area contributed by atoms with Crippen molar-refractivity contribution in [1.82, 2.24) is 10.0 Å². The minimum atomic E-state index is -3.41. The van der Waals surface area contributed by atoms with E-state index in [4.69, 9.17) is 11.6 Å². The molecule has 0 aliphatic rings.